The van der Waals surface area contributed by atoms with E-state index in [9.17, 15) is 0 Å². The Balaban J connectivity index is 1.95. The summed E-state index contributed by atoms with van der Waals surface area (Å²) in [5, 5.41) is 9.96. The molecule has 1 aromatic heterocycles. The van der Waals surface area contributed by atoms with Crippen LogP contribution in [0.5, 0.6) is 0 Å². The van der Waals surface area contributed by atoms with E-state index in [1.54, 1.807) is 11.3 Å². The summed E-state index contributed by atoms with van der Waals surface area (Å²) < 4.78 is 5.39. The Morgan fingerprint density at radius 3 is 2.70 bits per heavy atom. The fourth-order valence-electron chi connectivity index (χ4n) is 2.68. The molecule has 1 saturated heterocycles. The molecule has 3 rings (SSSR count). The number of hydrogen-bond acceptors (Lipinski definition) is 7. The van der Waals surface area contributed by atoms with Crippen molar-refractivity contribution in [1.29, 1.82) is 5.41 Å². The molecule has 1 saturated carbocycles. The number of hydrogen-bond donors (Lipinski definition) is 2. The molecule has 0 spiro atoms. The van der Waals surface area contributed by atoms with Crippen molar-refractivity contribution in [3.8, 4) is 0 Å². The van der Waals surface area contributed by atoms with Gasteiger partial charge in [-0.3, -0.25) is 5.41 Å². The number of thiazole rings is 1. The number of anilines is 1. The number of rotatable bonds is 3. The lowest BCUT2D eigenvalue weighted by atomic mass is 9.71. The minimum Gasteiger partial charge on any atom is -0.389 e. The SMILES string of the molecule is CC1(c2nc(C(=N)ON)c(N3CCOCC3)s2)CCC1. The maximum atomic E-state index is 7.87. The highest BCUT2D eigenvalue weighted by atomic mass is 32.1. The van der Waals surface area contributed by atoms with Crippen LogP contribution in [-0.2, 0) is 15.0 Å². The van der Waals surface area contributed by atoms with Gasteiger partial charge in [0.2, 0.25) is 0 Å². The molecule has 0 atom stereocenters. The van der Waals surface area contributed by atoms with Crippen molar-refractivity contribution in [1.82, 2.24) is 4.98 Å². The first-order valence-electron chi connectivity index (χ1n) is 6.94. The molecule has 0 unspecified atom stereocenters. The predicted molar refractivity (Wildman–Crippen MR) is 78.5 cm³/mol. The van der Waals surface area contributed by atoms with E-state index in [1.165, 1.54) is 19.3 Å². The van der Waals surface area contributed by atoms with Gasteiger partial charge in [-0.25, -0.2) is 4.98 Å². The van der Waals surface area contributed by atoms with Gasteiger partial charge in [0.15, 0.2) is 5.69 Å². The van der Waals surface area contributed by atoms with Crippen LogP contribution in [0.3, 0.4) is 0 Å². The molecule has 0 amide bonds. The minimum atomic E-state index is -0.0584. The van der Waals surface area contributed by atoms with E-state index in [-0.39, 0.29) is 11.3 Å². The van der Waals surface area contributed by atoms with Gasteiger partial charge in [-0.1, -0.05) is 13.3 Å². The maximum Gasteiger partial charge on any atom is 0.259 e. The molecule has 0 bridgehead atoms. The molecule has 1 aliphatic heterocycles. The largest absolute Gasteiger partial charge is 0.389 e. The van der Waals surface area contributed by atoms with Gasteiger partial charge in [-0.2, -0.15) is 5.90 Å². The van der Waals surface area contributed by atoms with E-state index in [0.717, 1.165) is 23.1 Å². The normalized spacial score (nSPS) is 21.4. The summed E-state index contributed by atoms with van der Waals surface area (Å²) in [5.74, 6) is 5.11. The van der Waals surface area contributed by atoms with E-state index >= 15 is 0 Å². The molecule has 2 aliphatic rings. The number of nitrogens with zero attached hydrogens (tertiary/aromatic N) is 2. The zero-order valence-electron chi connectivity index (χ0n) is 11.6. The van der Waals surface area contributed by atoms with Crippen LogP contribution >= 0.6 is 11.3 Å². The summed E-state index contributed by atoms with van der Waals surface area (Å²) in [6, 6.07) is 0. The van der Waals surface area contributed by atoms with Crippen molar-refractivity contribution in [3.05, 3.63) is 10.7 Å². The second-order valence-corrected chi connectivity index (χ2v) is 6.61. The van der Waals surface area contributed by atoms with E-state index in [2.05, 4.69) is 21.6 Å². The lowest BCUT2D eigenvalue weighted by molar-refractivity contribution is 0.123. The van der Waals surface area contributed by atoms with E-state index in [1.807, 2.05) is 0 Å². The van der Waals surface area contributed by atoms with Gasteiger partial charge in [-0.15, -0.1) is 11.3 Å². The fraction of sp³-hybridized carbons (Fsp3) is 0.692. The first-order valence-corrected chi connectivity index (χ1v) is 7.75. The van der Waals surface area contributed by atoms with E-state index in [0.29, 0.717) is 18.9 Å². The van der Waals surface area contributed by atoms with Crippen molar-refractivity contribution < 1.29 is 9.57 Å². The topological polar surface area (TPSA) is 84.5 Å². The Labute approximate surface area is 122 Å². The monoisotopic (exact) mass is 296 g/mol. The highest BCUT2D eigenvalue weighted by Gasteiger charge is 2.38. The van der Waals surface area contributed by atoms with Gasteiger partial charge in [0.1, 0.15) is 10.0 Å². The lowest BCUT2D eigenvalue weighted by Crippen LogP contribution is -2.36. The molecule has 1 aliphatic carbocycles. The summed E-state index contributed by atoms with van der Waals surface area (Å²) in [7, 11) is 0. The second-order valence-electron chi connectivity index (χ2n) is 5.63. The van der Waals surface area contributed by atoms with Crippen molar-refractivity contribution in [3.63, 3.8) is 0 Å². The van der Waals surface area contributed by atoms with Gasteiger partial charge in [0.25, 0.3) is 5.90 Å². The minimum absolute atomic E-state index is 0.0584. The van der Waals surface area contributed by atoms with Crippen molar-refractivity contribution >= 4 is 22.2 Å². The Kier molecular flexibility index (Phi) is 3.66. The smallest absolute Gasteiger partial charge is 0.259 e. The van der Waals surface area contributed by atoms with Crippen LogP contribution in [0.15, 0.2) is 0 Å². The standard InChI is InChI=1S/C13H20N4O2S/c1-13(3-2-4-13)12-16-9(10(14)19-15)11(20-12)17-5-7-18-8-6-17/h14H,2-8,15H2,1H3. The molecule has 3 N–H and O–H groups in total. The predicted octanol–water partition coefficient (Wildman–Crippen LogP) is 1.64. The van der Waals surface area contributed by atoms with E-state index in [4.69, 9.17) is 16.0 Å². The van der Waals surface area contributed by atoms with Crippen LogP contribution < -0.4 is 10.8 Å². The number of nitrogens with two attached hydrogens (primary N) is 1. The summed E-state index contributed by atoms with van der Waals surface area (Å²) in [6.45, 7) is 5.31. The van der Waals surface area contributed by atoms with Gasteiger partial charge in [0, 0.05) is 18.5 Å². The van der Waals surface area contributed by atoms with Gasteiger partial charge in [0.05, 0.1) is 13.2 Å². The van der Waals surface area contributed by atoms with Crippen LogP contribution in [0.25, 0.3) is 0 Å². The number of ether oxygens (including phenoxy) is 1. The number of aromatic nitrogens is 1. The van der Waals surface area contributed by atoms with Crippen molar-refractivity contribution in [2.24, 2.45) is 5.90 Å². The third-order valence-electron chi connectivity index (χ3n) is 4.21. The van der Waals surface area contributed by atoms with E-state index < -0.39 is 0 Å². The number of nitrogens with one attached hydrogen (secondary N) is 1. The van der Waals surface area contributed by atoms with Crippen LogP contribution in [0, 0.1) is 5.41 Å². The third kappa shape index (κ3) is 2.30. The van der Waals surface area contributed by atoms with Crippen LogP contribution in [-0.4, -0.2) is 37.2 Å². The Morgan fingerprint density at radius 1 is 1.45 bits per heavy atom. The fourth-order valence-corrected chi connectivity index (χ4v) is 3.99. The quantitative estimate of drug-likeness (QED) is 0.503. The second kappa shape index (κ2) is 5.31. The third-order valence-corrected chi connectivity index (χ3v) is 5.64. The molecule has 7 heteroatoms. The Bertz CT molecular complexity index is 506. The molecule has 110 valence electrons. The van der Waals surface area contributed by atoms with Gasteiger partial charge < -0.3 is 14.5 Å². The van der Waals surface area contributed by atoms with Gasteiger partial charge >= 0.3 is 0 Å². The molecule has 2 fully saturated rings. The molecule has 1 aromatic rings. The Morgan fingerprint density at radius 2 is 2.15 bits per heavy atom. The molecular formula is C13H20N4O2S. The average Bonchev–Trinajstić information content (AvgIpc) is 2.90. The summed E-state index contributed by atoms with van der Waals surface area (Å²) >= 11 is 1.68. The summed E-state index contributed by atoms with van der Waals surface area (Å²) in [4.78, 5) is 11.5. The molecule has 20 heavy (non-hydrogen) atoms. The molecule has 0 radical (unpaired) electrons. The first-order chi connectivity index (χ1) is 9.64. The van der Waals surface area contributed by atoms with Crippen molar-refractivity contribution in [2.75, 3.05) is 31.2 Å². The van der Waals surface area contributed by atoms with Gasteiger partial charge in [-0.05, 0) is 12.8 Å². The highest BCUT2D eigenvalue weighted by molar-refractivity contribution is 7.16. The highest BCUT2D eigenvalue weighted by Crippen LogP contribution is 2.47. The van der Waals surface area contributed by atoms with Crippen molar-refractivity contribution in [2.45, 2.75) is 31.6 Å². The Hall–Kier alpha value is -1.18. The molecule has 6 nitrogen and oxygen atoms in total. The number of morpholine rings is 1. The zero-order valence-corrected chi connectivity index (χ0v) is 12.5. The summed E-state index contributed by atoms with van der Waals surface area (Å²) in [6.07, 6.45) is 3.59. The van der Waals surface area contributed by atoms with Crippen LogP contribution in [0.2, 0.25) is 0 Å². The molecular weight excluding hydrogens is 276 g/mol. The zero-order chi connectivity index (χ0) is 14.2. The molecule has 2 heterocycles. The first kappa shape index (κ1) is 13.8. The maximum absolute atomic E-state index is 7.87. The van der Waals surface area contributed by atoms with Crippen LogP contribution in [0.4, 0.5) is 5.00 Å². The van der Waals surface area contributed by atoms with Crippen LogP contribution in [0.1, 0.15) is 36.9 Å². The average molecular weight is 296 g/mol. The molecule has 0 aromatic carbocycles. The lowest BCUT2D eigenvalue weighted by Gasteiger charge is -2.36. The summed E-state index contributed by atoms with van der Waals surface area (Å²) in [5.41, 5.74) is 0.737.